The molecule has 356 valence electrons. The minimum Gasteiger partial charge on any atom is -0.497 e. The normalized spacial score (nSPS) is 22.0. The van der Waals surface area contributed by atoms with Gasteiger partial charge in [0.25, 0.3) is 0 Å². The molecule has 3 N–H and O–H groups in total. The van der Waals surface area contributed by atoms with Gasteiger partial charge in [0.05, 0.1) is 45.3 Å². The maximum Gasteiger partial charge on any atom is 0.417 e. The number of hydrogen-bond acceptors (Lipinski definition) is 12. The first kappa shape index (κ1) is 48.5. The molecule has 2 amide bonds. The van der Waals surface area contributed by atoms with E-state index in [0.29, 0.717) is 59.9 Å². The molecule has 1 saturated carbocycles. The van der Waals surface area contributed by atoms with E-state index in [1.165, 1.54) is 33.5 Å². The number of aliphatic hydroxyl groups is 2. The molecule has 3 aliphatic rings. The van der Waals surface area contributed by atoms with Crippen LogP contribution in [0.4, 0.5) is 19.7 Å². The fourth-order valence-electron chi connectivity index (χ4n) is 9.82. The quantitative estimate of drug-likeness (QED) is 0.0414. The van der Waals surface area contributed by atoms with E-state index >= 15 is 0 Å². The lowest BCUT2D eigenvalue weighted by Crippen LogP contribution is -2.70. The third-order valence-electron chi connectivity index (χ3n) is 12.8. The number of oxime groups is 1. The molecule has 0 unspecified atom stereocenters. The number of ether oxygens (including phenoxy) is 6. The SMILES string of the molecule is C=CCO[C@@]12Oc3ccc(OC(=O)Nc4ccc(OC)cc4OC)cc3[C@H]3[C@H](CCCCO)[C@@H](CCCCO)C=C(C(=NOCc4ccccc4)C[C@@H]1N(Cc1ccc(F)cc1)C(=O)OC)[C@H]32. The lowest BCUT2D eigenvalue weighted by molar-refractivity contribution is -0.256. The van der Waals surface area contributed by atoms with Crippen LogP contribution in [0.2, 0.25) is 0 Å². The number of halogens is 1. The highest BCUT2D eigenvalue weighted by Gasteiger charge is 2.65. The molecule has 15 heteroatoms. The highest BCUT2D eigenvalue weighted by molar-refractivity contribution is 6.03. The number of benzene rings is 4. The predicted octanol–water partition coefficient (Wildman–Crippen LogP) is 9.56. The van der Waals surface area contributed by atoms with Crippen LogP contribution in [0.15, 0.2) is 120 Å². The highest BCUT2D eigenvalue weighted by Crippen LogP contribution is 2.62. The van der Waals surface area contributed by atoms with Crippen LogP contribution in [0.3, 0.4) is 0 Å². The number of unbranched alkanes of at least 4 members (excludes halogenated alkanes) is 2. The number of allylic oxidation sites excluding steroid dienone is 1. The first-order valence-electron chi connectivity index (χ1n) is 22.7. The van der Waals surface area contributed by atoms with E-state index in [9.17, 15) is 24.2 Å². The Kier molecular flexibility index (Phi) is 16.5. The van der Waals surface area contributed by atoms with Gasteiger partial charge in [0.1, 0.15) is 41.5 Å². The van der Waals surface area contributed by atoms with Crippen molar-refractivity contribution < 1.29 is 57.5 Å². The zero-order valence-electron chi connectivity index (χ0n) is 38.2. The van der Waals surface area contributed by atoms with Gasteiger partial charge in [-0.25, -0.2) is 14.0 Å². The smallest absolute Gasteiger partial charge is 0.417 e. The van der Waals surface area contributed by atoms with E-state index < -0.39 is 41.7 Å². The maximum absolute atomic E-state index is 14.3. The molecule has 1 aliphatic heterocycles. The van der Waals surface area contributed by atoms with E-state index in [2.05, 4.69) is 18.0 Å². The molecule has 14 nitrogen and oxygen atoms in total. The maximum atomic E-state index is 14.3. The monoisotopic (exact) mass is 921 g/mol. The van der Waals surface area contributed by atoms with E-state index in [1.54, 1.807) is 53.4 Å². The van der Waals surface area contributed by atoms with E-state index in [0.717, 1.165) is 29.5 Å². The van der Waals surface area contributed by atoms with Crippen molar-refractivity contribution in [3.63, 3.8) is 0 Å². The van der Waals surface area contributed by atoms with Gasteiger partial charge in [-0.3, -0.25) is 10.2 Å². The van der Waals surface area contributed by atoms with Gasteiger partial charge < -0.3 is 43.5 Å². The summed E-state index contributed by atoms with van der Waals surface area (Å²) in [4.78, 5) is 35.6. The molecule has 2 aliphatic carbocycles. The van der Waals surface area contributed by atoms with Gasteiger partial charge >= 0.3 is 12.2 Å². The Morgan fingerprint density at radius 3 is 2.36 bits per heavy atom. The molecule has 4 aromatic carbocycles. The number of methoxy groups -OCH3 is 3. The summed E-state index contributed by atoms with van der Waals surface area (Å²) in [5.41, 5.74) is 4.07. The third kappa shape index (κ3) is 11.1. The van der Waals surface area contributed by atoms with Crippen LogP contribution >= 0.6 is 0 Å². The second kappa shape index (κ2) is 22.9. The standard InChI is InChI=1S/C52H60FN3O11/c1-5-27-64-52-47(56(51(60)63-4)32-34-17-19-37(53)20-18-34)31-44(55-65-33-35-13-7-6-8-14-35)41-28-36(15-9-11-25-57)40(16-10-12-26-58)48(49(41)52)42-29-39(22-24-45(42)67-52)66-50(59)54-43-23-21-38(61-2)30-46(43)62-3/h5-8,13-14,17-24,28-30,36,40,47-49,57-58H,1,9-12,15-16,25-27,31-33H2,2-4H3,(H,54,59)/t36-,40+,47-,48+,49+,52+/m0/s1. The number of nitrogens with one attached hydrogen (secondary N) is 1. The van der Waals surface area contributed by atoms with Crippen molar-refractivity contribution in [3.8, 4) is 23.0 Å². The number of carbonyl (C=O) groups excluding carboxylic acids is 2. The van der Waals surface area contributed by atoms with E-state index in [-0.39, 0.29) is 57.0 Å². The van der Waals surface area contributed by atoms with E-state index in [1.807, 2.05) is 36.4 Å². The summed E-state index contributed by atoms with van der Waals surface area (Å²) in [7, 11) is 4.33. The molecule has 67 heavy (non-hydrogen) atoms. The average molecular weight is 922 g/mol. The van der Waals surface area contributed by atoms with Crippen LogP contribution in [0.1, 0.15) is 67.6 Å². The number of nitrogens with zero attached hydrogens (tertiary/aromatic N) is 2. The summed E-state index contributed by atoms with van der Waals surface area (Å²) in [5.74, 6) is -1.61. The molecule has 0 aromatic heterocycles. The van der Waals surface area contributed by atoms with Crippen LogP contribution in [-0.2, 0) is 27.5 Å². The first-order valence-corrected chi connectivity index (χ1v) is 22.7. The summed E-state index contributed by atoms with van der Waals surface area (Å²) >= 11 is 0. The number of amides is 2. The fraction of sp³-hybridized carbons (Fsp3) is 0.404. The van der Waals surface area contributed by atoms with Gasteiger partial charge in [-0.05, 0) is 96.7 Å². The van der Waals surface area contributed by atoms with Crippen molar-refractivity contribution in [1.82, 2.24) is 4.90 Å². The Morgan fingerprint density at radius 2 is 1.66 bits per heavy atom. The van der Waals surface area contributed by atoms with Gasteiger partial charge in [0.15, 0.2) is 0 Å². The van der Waals surface area contributed by atoms with Crippen molar-refractivity contribution >= 4 is 23.6 Å². The van der Waals surface area contributed by atoms with Gasteiger partial charge in [-0.1, -0.05) is 72.6 Å². The Labute approximate surface area is 390 Å². The van der Waals surface area contributed by atoms with Gasteiger partial charge in [0.2, 0.25) is 5.79 Å². The molecule has 1 heterocycles. The molecule has 0 saturated heterocycles. The van der Waals surface area contributed by atoms with Crippen LogP contribution in [0.25, 0.3) is 0 Å². The van der Waals surface area contributed by atoms with Crippen LogP contribution in [-0.4, -0.2) is 86.0 Å². The zero-order chi connectivity index (χ0) is 47.3. The van der Waals surface area contributed by atoms with Gasteiger partial charge in [-0.2, -0.15) is 0 Å². The summed E-state index contributed by atoms with van der Waals surface area (Å²) in [6.45, 7) is 4.28. The number of hydrogen-bond donors (Lipinski definition) is 3. The zero-order valence-corrected chi connectivity index (χ0v) is 38.2. The number of rotatable bonds is 21. The highest BCUT2D eigenvalue weighted by atomic mass is 19.1. The summed E-state index contributed by atoms with van der Waals surface area (Å²) in [6.07, 6.45) is 6.60. The second-order valence-corrected chi connectivity index (χ2v) is 16.8. The Balaban J connectivity index is 1.40. The Bertz CT molecular complexity index is 2380. The molecule has 0 spiro atoms. The molecular weight excluding hydrogens is 862 g/mol. The minimum atomic E-state index is -1.60. The van der Waals surface area contributed by atoms with Gasteiger partial charge in [-0.15, -0.1) is 6.58 Å². The van der Waals surface area contributed by atoms with Crippen molar-refractivity contribution in [2.24, 2.45) is 22.9 Å². The van der Waals surface area contributed by atoms with Crippen LogP contribution in [0, 0.1) is 23.6 Å². The number of carbonyl (C=O) groups is 2. The number of fused-ring (bicyclic) bond motifs is 2. The van der Waals surface area contributed by atoms with Crippen molar-refractivity contribution in [1.29, 1.82) is 0 Å². The van der Waals surface area contributed by atoms with Crippen molar-refractivity contribution in [2.75, 3.05) is 46.5 Å². The fourth-order valence-corrected chi connectivity index (χ4v) is 9.82. The van der Waals surface area contributed by atoms with Gasteiger partial charge in [0, 0.05) is 43.7 Å². The molecule has 6 atom stereocenters. The Morgan fingerprint density at radius 1 is 0.910 bits per heavy atom. The van der Waals surface area contributed by atoms with Crippen LogP contribution < -0.4 is 24.3 Å². The summed E-state index contributed by atoms with van der Waals surface area (Å²) < 4.78 is 50.8. The Hall–Kier alpha value is -6.42. The lowest BCUT2D eigenvalue weighted by atomic mass is 9.55. The number of aliphatic hydroxyl groups excluding tert-OH is 2. The second-order valence-electron chi connectivity index (χ2n) is 16.8. The molecule has 1 fully saturated rings. The average Bonchev–Trinajstić information content (AvgIpc) is 3.34. The number of anilines is 1. The molecule has 4 aromatic rings. The molecule has 7 rings (SSSR count). The molecular formula is C52H60FN3O11. The largest absolute Gasteiger partial charge is 0.497 e. The third-order valence-corrected chi connectivity index (χ3v) is 12.8. The summed E-state index contributed by atoms with van der Waals surface area (Å²) in [6, 6.07) is 24.9. The first-order chi connectivity index (χ1) is 32.7. The molecule has 0 bridgehead atoms. The lowest BCUT2D eigenvalue weighted by Gasteiger charge is -2.59. The van der Waals surface area contributed by atoms with Crippen molar-refractivity contribution in [3.05, 3.63) is 138 Å². The van der Waals surface area contributed by atoms with Crippen LogP contribution in [0.5, 0.6) is 23.0 Å². The topological polar surface area (TPSA) is 167 Å². The molecule has 0 radical (unpaired) electrons. The minimum absolute atomic E-state index is 0.00616. The van der Waals surface area contributed by atoms with Crippen molar-refractivity contribution in [2.45, 2.75) is 75.8 Å². The van der Waals surface area contributed by atoms with E-state index in [4.69, 9.17) is 38.4 Å². The summed E-state index contributed by atoms with van der Waals surface area (Å²) in [5, 5.41) is 27.6. The predicted molar refractivity (Wildman–Crippen MR) is 250 cm³/mol.